The van der Waals surface area contributed by atoms with E-state index in [1.54, 1.807) is 24.3 Å². The molecule has 1 atom stereocenters. The third kappa shape index (κ3) is 2.93. The van der Waals surface area contributed by atoms with E-state index in [1.807, 2.05) is 19.1 Å². The largest absolute Gasteiger partial charge is 0.381 e. The normalized spacial score (nSPS) is 19.7. The molecule has 104 valence electrons. The first kappa shape index (κ1) is 14.0. The van der Waals surface area contributed by atoms with Crippen molar-refractivity contribution >= 4 is 5.91 Å². The van der Waals surface area contributed by atoms with Crippen LogP contribution in [0.15, 0.2) is 24.5 Å². The predicted molar refractivity (Wildman–Crippen MR) is 72.4 cm³/mol. The number of hydrogen-bond acceptors (Lipinski definition) is 4. The van der Waals surface area contributed by atoms with Crippen LogP contribution in [0.3, 0.4) is 0 Å². The van der Waals surface area contributed by atoms with Crippen LogP contribution in [0.1, 0.15) is 31.4 Å². The van der Waals surface area contributed by atoms with Gasteiger partial charge in [0.2, 0.25) is 5.91 Å². The van der Waals surface area contributed by atoms with E-state index < -0.39 is 5.54 Å². The number of nitrogens with zero attached hydrogens (tertiary/aromatic N) is 2. The van der Waals surface area contributed by atoms with Crippen molar-refractivity contribution in [2.75, 3.05) is 20.3 Å². The van der Waals surface area contributed by atoms with Crippen LogP contribution < -0.4 is 5.73 Å². The van der Waals surface area contributed by atoms with Crippen molar-refractivity contribution in [1.82, 2.24) is 9.88 Å². The molecule has 0 aromatic carbocycles. The highest BCUT2D eigenvalue weighted by Crippen LogP contribution is 2.25. The minimum atomic E-state index is -0.783. The van der Waals surface area contributed by atoms with Gasteiger partial charge in [-0.1, -0.05) is 0 Å². The van der Waals surface area contributed by atoms with Crippen molar-refractivity contribution in [3.8, 4) is 0 Å². The van der Waals surface area contributed by atoms with Gasteiger partial charge in [-0.3, -0.25) is 9.78 Å². The first-order chi connectivity index (χ1) is 9.04. The van der Waals surface area contributed by atoms with E-state index in [0.29, 0.717) is 26.1 Å². The first-order valence-electron chi connectivity index (χ1n) is 6.58. The van der Waals surface area contributed by atoms with Crippen LogP contribution >= 0.6 is 0 Å². The Kier molecular flexibility index (Phi) is 4.17. The van der Waals surface area contributed by atoms with Gasteiger partial charge >= 0.3 is 0 Å². The molecule has 1 fully saturated rings. The maximum Gasteiger partial charge on any atom is 0.243 e. The van der Waals surface area contributed by atoms with Crippen LogP contribution in [0.5, 0.6) is 0 Å². The van der Waals surface area contributed by atoms with Gasteiger partial charge in [-0.2, -0.15) is 0 Å². The molecule has 1 unspecified atom stereocenters. The molecule has 19 heavy (non-hydrogen) atoms. The number of nitrogens with two attached hydrogens (primary N) is 1. The summed E-state index contributed by atoms with van der Waals surface area (Å²) < 4.78 is 5.28. The zero-order valence-corrected chi connectivity index (χ0v) is 11.5. The van der Waals surface area contributed by atoms with Crippen LogP contribution in [0.4, 0.5) is 0 Å². The lowest BCUT2D eigenvalue weighted by Crippen LogP contribution is -2.57. The van der Waals surface area contributed by atoms with Crippen LogP contribution in [-0.2, 0) is 9.53 Å². The van der Waals surface area contributed by atoms with Gasteiger partial charge in [-0.25, -0.2) is 0 Å². The van der Waals surface area contributed by atoms with Gasteiger partial charge in [0.15, 0.2) is 0 Å². The zero-order chi connectivity index (χ0) is 13.9. The molecule has 2 rings (SSSR count). The van der Waals surface area contributed by atoms with E-state index in [4.69, 9.17) is 10.5 Å². The summed E-state index contributed by atoms with van der Waals surface area (Å²) in [4.78, 5) is 18.3. The third-order valence-corrected chi connectivity index (χ3v) is 3.90. The lowest BCUT2D eigenvalue weighted by Gasteiger charge is -2.37. The molecule has 2 heterocycles. The number of aromatic nitrogens is 1. The fraction of sp³-hybridized carbons (Fsp3) is 0.571. The Balaban J connectivity index is 2.10. The highest BCUT2D eigenvalue weighted by molar-refractivity contribution is 5.86. The maximum absolute atomic E-state index is 12.6. The summed E-state index contributed by atoms with van der Waals surface area (Å²) in [5.41, 5.74) is 6.51. The summed E-state index contributed by atoms with van der Waals surface area (Å²) in [6.07, 6.45) is 4.63. The number of amides is 1. The lowest BCUT2D eigenvalue weighted by molar-refractivity contribution is -0.141. The molecule has 1 aliphatic rings. The number of rotatable bonds is 3. The highest BCUT2D eigenvalue weighted by atomic mass is 16.5. The Labute approximate surface area is 113 Å². The summed E-state index contributed by atoms with van der Waals surface area (Å²) in [5.74, 6) is -0.0138. The van der Waals surface area contributed by atoms with Crippen molar-refractivity contribution in [1.29, 1.82) is 0 Å². The van der Waals surface area contributed by atoms with Crippen LogP contribution in [0, 0.1) is 0 Å². The molecule has 0 spiro atoms. The molecule has 0 radical (unpaired) electrons. The SMILES string of the molecule is CC(c1ccncc1)N(C)C(=O)C1(N)CCOCC1. The van der Waals surface area contributed by atoms with Gasteiger partial charge < -0.3 is 15.4 Å². The summed E-state index contributed by atoms with van der Waals surface area (Å²) in [6.45, 7) is 3.11. The minimum Gasteiger partial charge on any atom is -0.381 e. The Morgan fingerprint density at radius 2 is 2.00 bits per heavy atom. The standard InChI is InChI=1S/C14H21N3O2/c1-11(12-3-7-16-8-4-12)17(2)13(18)14(15)5-9-19-10-6-14/h3-4,7-8,11H,5-6,9-10,15H2,1-2H3. The van der Waals surface area contributed by atoms with Crippen molar-refractivity contribution in [2.45, 2.75) is 31.3 Å². The Morgan fingerprint density at radius 3 is 2.58 bits per heavy atom. The molecular weight excluding hydrogens is 242 g/mol. The minimum absolute atomic E-state index is 0.0138. The van der Waals surface area contributed by atoms with Gasteiger partial charge in [0.25, 0.3) is 0 Å². The van der Waals surface area contributed by atoms with Crippen molar-refractivity contribution in [3.63, 3.8) is 0 Å². The summed E-state index contributed by atoms with van der Waals surface area (Å²) >= 11 is 0. The molecule has 5 heteroatoms. The van der Waals surface area contributed by atoms with Gasteiger partial charge in [0.05, 0.1) is 11.6 Å². The second-order valence-electron chi connectivity index (χ2n) is 5.14. The number of carbonyl (C=O) groups is 1. The van der Waals surface area contributed by atoms with Gasteiger partial charge in [0.1, 0.15) is 0 Å². The number of likely N-dealkylation sites (N-methyl/N-ethyl adjacent to an activating group) is 1. The smallest absolute Gasteiger partial charge is 0.243 e. The van der Waals surface area contributed by atoms with Crippen molar-refractivity contribution in [2.24, 2.45) is 5.73 Å². The summed E-state index contributed by atoms with van der Waals surface area (Å²) in [7, 11) is 1.80. The van der Waals surface area contributed by atoms with E-state index in [9.17, 15) is 4.79 Å². The molecule has 2 N–H and O–H groups in total. The number of pyridine rings is 1. The molecule has 5 nitrogen and oxygen atoms in total. The van der Waals surface area contributed by atoms with Crippen LogP contribution in [0.2, 0.25) is 0 Å². The van der Waals surface area contributed by atoms with Crippen molar-refractivity contribution in [3.05, 3.63) is 30.1 Å². The summed E-state index contributed by atoms with van der Waals surface area (Å²) in [5, 5.41) is 0. The second-order valence-corrected chi connectivity index (χ2v) is 5.14. The molecule has 1 aromatic heterocycles. The third-order valence-electron chi connectivity index (χ3n) is 3.90. The van der Waals surface area contributed by atoms with Crippen LogP contribution in [0.25, 0.3) is 0 Å². The predicted octanol–water partition coefficient (Wildman–Crippen LogP) is 1.11. The molecule has 0 saturated carbocycles. The van der Waals surface area contributed by atoms with Gasteiger partial charge in [0, 0.05) is 32.7 Å². The number of carbonyl (C=O) groups excluding carboxylic acids is 1. The molecule has 0 bridgehead atoms. The van der Waals surface area contributed by atoms with E-state index in [0.717, 1.165) is 5.56 Å². The molecule has 1 aliphatic heterocycles. The molecule has 1 saturated heterocycles. The van der Waals surface area contributed by atoms with E-state index in [1.165, 1.54) is 0 Å². The fourth-order valence-electron chi connectivity index (χ4n) is 2.34. The molecule has 0 aliphatic carbocycles. The number of hydrogen-bond donors (Lipinski definition) is 1. The Morgan fingerprint density at radius 1 is 1.42 bits per heavy atom. The second kappa shape index (κ2) is 5.67. The highest BCUT2D eigenvalue weighted by Gasteiger charge is 2.39. The molecule has 1 amide bonds. The van der Waals surface area contributed by atoms with E-state index >= 15 is 0 Å². The lowest BCUT2D eigenvalue weighted by atomic mass is 9.89. The zero-order valence-electron chi connectivity index (χ0n) is 11.5. The maximum atomic E-state index is 12.6. The molecular formula is C14H21N3O2. The molecule has 1 aromatic rings. The first-order valence-corrected chi connectivity index (χ1v) is 6.58. The van der Waals surface area contributed by atoms with Crippen molar-refractivity contribution < 1.29 is 9.53 Å². The Bertz CT molecular complexity index is 430. The fourth-order valence-corrected chi connectivity index (χ4v) is 2.34. The van der Waals surface area contributed by atoms with Crippen LogP contribution in [-0.4, -0.2) is 41.6 Å². The van der Waals surface area contributed by atoms with Gasteiger partial charge in [-0.05, 0) is 37.5 Å². The summed E-state index contributed by atoms with van der Waals surface area (Å²) in [6, 6.07) is 3.82. The number of ether oxygens (including phenoxy) is 1. The topological polar surface area (TPSA) is 68.5 Å². The van der Waals surface area contributed by atoms with E-state index in [-0.39, 0.29) is 11.9 Å². The van der Waals surface area contributed by atoms with E-state index in [2.05, 4.69) is 4.98 Å². The average molecular weight is 263 g/mol. The average Bonchev–Trinajstić information content (AvgIpc) is 2.46. The quantitative estimate of drug-likeness (QED) is 0.887. The monoisotopic (exact) mass is 263 g/mol. The van der Waals surface area contributed by atoms with Gasteiger partial charge in [-0.15, -0.1) is 0 Å². The Hall–Kier alpha value is -1.46.